The van der Waals surface area contributed by atoms with Crippen LogP contribution in [0.25, 0.3) is 0 Å². The fourth-order valence-electron chi connectivity index (χ4n) is 2.06. The molecule has 0 radical (unpaired) electrons. The number of nitrogens with zero attached hydrogens (tertiary/aromatic N) is 1. The van der Waals surface area contributed by atoms with Crippen molar-refractivity contribution in [3.05, 3.63) is 16.1 Å². The predicted molar refractivity (Wildman–Crippen MR) is 58.7 cm³/mol. The van der Waals surface area contributed by atoms with Crippen LogP contribution in [0, 0.1) is 0 Å². The molecular weight excluding hydrogens is 192 g/mol. The molecule has 1 N–H and O–H groups in total. The van der Waals surface area contributed by atoms with Crippen LogP contribution in [0.3, 0.4) is 0 Å². The van der Waals surface area contributed by atoms with Gasteiger partial charge in [-0.25, -0.2) is 4.98 Å². The molecule has 1 aliphatic heterocycles. The van der Waals surface area contributed by atoms with Crippen molar-refractivity contribution in [3.8, 4) is 0 Å². The van der Waals surface area contributed by atoms with Crippen LogP contribution in [0.2, 0.25) is 0 Å². The summed E-state index contributed by atoms with van der Waals surface area (Å²) in [6.07, 6.45) is 5.23. The third-order valence-corrected chi connectivity index (χ3v) is 4.62. The Bertz CT molecular complexity index is 335. The number of aromatic nitrogens is 1. The average Bonchev–Trinajstić information content (AvgIpc) is 2.73. The van der Waals surface area contributed by atoms with Gasteiger partial charge in [-0.2, -0.15) is 0 Å². The molecule has 1 aromatic heterocycles. The van der Waals surface area contributed by atoms with E-state index in [1.54, 1.807) is 0 Å². The Morgan fingerprint density at radius 3 is 3.07 bits per heavy atom. The normalized spacial score (nSPS) is 29.4. The van der Waals surface area contributed by atoms with Gasteiger partial charge < -0.3 is 5.32 Å². The zero-order chi connectivity index (χ0) is 9.60. The van der Waals surface area contributed by atoms with Crippen molar-refractivity contribution in [1.82, 2.24) is 10.3 Å². The first-order chi connectivity index (χ1) is 6.78. The Morgan fingerprint density at radius 2 is 2.43 bits per heavy atom. The molecule has 2 nitrogen and oxygen atoms in total. The zero-order valence-electron chi connectivity index (χ0n) is 8.55. The van der Waals surface area contributed by atoms with Crippen molar-refractivity contribution in [1.29, 1.82) is 0 Å². The van der Waals surface area contributed by atoms with Crippen molar-refractivity contribution in [2.45, 2.75) is 44.1 Å². The average molecular weight is 208 g/mol. The highest BCUT2D eigenvalue weighted by atomic mass is 32.1. The standard InChI is InChI=1S/C11H16N2S/c1-11(4-5-11)10-13-9(7-14-10)8-3-2-6-12-8/h7-8,12H,2-6H2,1H3. The minimum Gasteiger partial charge on any atom is -0.309 e. The van der Waals surface area contributed by atoms with Gasteiger partial charge in [0.05, 0.1) is 16.7 Å². The number of rotatable bonds is 2. The largest absolute Gasteiger partial charge is 0.309 e. The summed E-state index contributed by atoms with van der Waals surface area (Å²) < 4.78 is 0. The highest BCUT2D eigenvalue weighted by Crippen LogP contribution is 2.49. The number of hydrogen-bond donors (Lipinski definition) is 1. The summed E-state index contributed by atoms with van der Waals surface area (Å²) in [5.41, 5.74) is 1.73. The van der Waals surface area contributed by atoms with Gasteiger partial charge >= 0.3 is 0 Å². The van der Waals surface area contributed by atoms with E-state index in [0.717, 1.165) is 6.54 Å². The van der Waals surface area contributed by atoms with Crippen LogP contribution in [0.4, 0.5) is 0 Å². The van der Waals surface area contributed by atoms with Crippen LogP contribution in [-0.4, -0.2) is 11.5 Å². The Hall–Kier alpha value is -0.410. The Balaban J connectivity index is 1.82. The first kappa shape index (κ1) is 8.86. The molecule has 76 valence electrons. The van der Waals surface area contributed by atoms with Gasteiger partial charge in [0.1, 0.15) is 0 Å². The van der Waals surface area contributed by atoms with Crippen LogP contribution in [0.1, 0.15) is 49.4 Å². The molecule has 2 heterocycles. The lowest BCUT2D eigenvalue weighted by Gasteiger charge is -2.06. The molecule has 1 saturated heterocycles. The van der Waals surface area contributed by atoms with Crippen molar-refractivity contribution in [2.75, 3.05) is 6.54 Å². The third-order valence-electron chi connectivity index (χ3n) is 3.46. The molecule has 1 aromatic rings. The minimum absolute atomic E-state index is 0.446. The molecule has 2 fully saturated rings. The Kier molecular flexibility index (Phi) is 1.92. The van der Waals surface area contributed by atoms with Crippen LogP contribution in [-0.2, 0) is 5.41 Å². The van der Waals surface area contributed by atoms with Gasteiger partial charge in [0, 0.05) is 10.8 Å². The summed E-state index contributed by atoms with van der Waals surface area (Å²) >= 11 is 1.85. The van der Waals surface area contributed by atoms with E-state index < -0.39 is 0 Å². The monoisotopic (exact) mass is 208 g/mol. The van der Waals surface area contributed by atoms with E-state index in [2.05, 4.69) is 17.6 Å². The predicted octanol–water partition coefficient (Wildman–Crippen LogP) is 2.62. The summed E-state index contributed by atoms with van der Waals surface area (Å²) in [6.45, 7) is 3.49. The molecule has 0 spiro atoms. The molecule has 14 heavy (non-hydrogen) atoms. The first-order valence-corrected chi connectivity index (χ1v) is 6.35. The van der Waals surface area contributed by atoms with E-state index in [-0.39, 0.29) is 0 Å². The fourth-order valence-corrected chi connectivity index (χ4v) is 3.16. The van der Waals surface area contributed by atoms with Crippen molar-refractivity contribution < 1.29 is 0 Å². The second-order valence-electron chi connectivity index (χ2n) is 4.79. The Labute approximate surface area is 88.7 Å². The summed E-state index contributed by atoms with van der Waals surface area (Å²) in [6, 6.07) is 0.544. The highest BCUT2D eigenvalue weighted by molar-refractivity contribution is 7.09. The van der Waals surface area contributed by atoms with Gasteiger partial charge in [0.25, 0.3) is 0 Å². The van der Waals surface area contributed by atoms with E-state index >= 15 is 0 Å². The molecular formula is C11H16N2S. The van der Waals surface area contributed by atoms with Crippen LogP contribution in [0.15, 0.2) is 5.38 Å². The molecule has 1 unspecified atom stereocenters. The second kappa shape index (κ2) is 3.04. The fraction of sp³-hybridized carbons (Fsp3) is 0.727. The van der Waals surface area contributed by atoms with Gasteiger partial charge in [-0.1, -0.05) is 6.92 Å². The lowest BCUT2D eigenvalue weighted by atomic mass is 10.1. The maximum Gasteiger partial charge on any atom is 0.0988 e. The van der Waals surface area contributed by atoms with Crippen molar-refractivity contribution in [3.63, 3.8) is 0 Å². The van der Waals surface area contributed by atoms with E-state index in [1.165, 1.54) is 36.4 Å². The lowest BCUT2D eigenvalue weighted by molar-refractivity contribution is 0.624. The molecule has 0 aromatic carbocycles. The SMILES string of the molecule is CC1(c2nc(C3CCCN3)cs2)CC1. The number of hydrogen-bond acceptors (Lipinski definition) is 3. The summed E-state index contributed by atoms with van der Waals surface area (Å²) in [5.74, 6) is 0. The molecule has 3 rings (SSSR count). The topological polar surface area (TPSA) is 24.9 Å². The van der Waals surface area contributed by atoms with Crippen molar-refractivity contribution >= 4 is 11.3 Å². The Morgan fingerprint density at radius 1 is 1.57 bits per heavy atom. The molecule has 1 aliphatic carbocycles. The van der Waals surface area contributed by atoms with Crippen LogP contribution in [0.5, 0.6) is 0 Å². The molecule has 0 amide bonds. The summed E-state index contributed by atoms with van der Waals surface area (Å²) in [4.78, 5) is 4.78. The van der Waals surface area contributed by atoms with E-state index in [9.17, 15) is 0 Å². The van der Waals surface area contributed by atoms with Gasteiger partial charge in [-0.3, -0.25) is 0 Å². The maximum absolute atomic E-state index is 4.78. The number of nitrogens with one attached hydrogen (secondary N) is 1. The third kappa shape index (κ3) is 1.39. The van der Waals surface area contributed by atoms with Crippen LogP contribution >= 0.6 is 11.3 Å². The molecule has 1 atom stereocenters. The van der Waals surface area contributed by atoms with Crippen LogP contribution < -0.4 is 5.32 Å². The van der Waals surface area contributed by atoms with E-state index in [0.29, 0.717) is 11.5 Å². The second-order valence-corrected chi connectivity index (χ2v) is 5.65. The quantitative estimate of drug-likeness (QED) is 0.808. The minimum atomic E-state index is 0.446. The van der Waals surface area contributed by atoms with Gasteiger partial charge in [0.15, 0.2) is 0 Å². The molecule has 0 bridgehead atoms. The van der Waals surface area contributed by atoms with E-state index in [4.69, 9.17) is 4.98 Å². The number of thiazole rings is 1. The highest BCUT2D eigenvalue weighted by Gasteiger charge is 2.42. The van der Waals surface area contributed by atoms with Gasteiger partial charge in [0.2, 0.25) is 0 Å². The zero-order valence-corrected chi connectivity index (χ0v) is 9.36. The van der Waals surface area contributed by atoms with Crippen molar-refractivity contribution in [2.24, 2.45) is 0 Å². The van der Waals surface area contributed by atoms with Gasteiger partial charge in [-0.15, -0.1) is 11.3 Å². The van der Waals surface area contributed by atoms with Gasteiger partial charge in [-0.05, 0) is 32.2 Å². The summed E-state index contributed by atoms with van der Waals surface area (Å²) in [5, 5.41) is 7.12. The molecule has 1 saturated carbocycles. The smallest absolute Gasteiger partial charge is 0.0988 e. The lowest BCUT2D eigenvalue weighted by Crippen LogP contribution is -2.13. The molecule has 2 aliphatic rings. The maximum atomic E-state index is 4.78. The molecule has 3 heteroatoms. The van der Waals surface area contributed by atoms with E-state index in [1.807, 2.05) is 11.3 Å². The first-order valence-electron chi connectivity index (χ1n) is 5.47. The summed E-state index contributed by atoms with van der Waals surface area (Å²) in [7, 11) is 0.